The Morgan fingerprint density at radius 3 is 2.15 bits per heavy atom. The molecule has 12 heteroatoms. The highest BCUT2D eigenvalue weighted by Gasteiger charge is 2.23. The summed E-state index contributed by atoms with van der Waals surface area (Å²) in [5.41, 5.74) is -0.371. The SMILES string of the molecule is CC(=O)CC(=O)Nc1cc(S(=O)(=O)O)cc2c(S(=O)(=O)O)ccc(O)c12. The summed E-state index contributed by atoms with van der Waals surface area (Å²) < 4.78 is 64.5. The van der Waals surface area contributed by atoms with Crippen LogP contribution in [0.1, 0.15) is 13.3 Å². The molecule has 0 radical (unpaired) electrons. The number of aromatic hydroxyl groups is 1. The molecule has 140 valence electrons. The molecule has 0 atom stereocenters. The van der Waals surface area contributed by atoms with Crippen molar-refractivity contribution in [2.45, 2.75) is 23.1 Å². The van der Waals surface area contributed by atoms with E-state index >= 15 is 0 Å². The molecule has 0 aliphatic rings. The van der Waals surface area contributed by atoms with Crippen LogP contribution in [0.15, 0.2) is 34.1 Å². The zero-order valence-electron chi connectivity index (χ0n) is 13.1. The minimum atomic E-state index is -4.83. The molecule has 0 aliphatic carbocycles. The van der Waals surface area contributed by atoms with Gasteiger partial charge in [-0.15, -0.1) is 0 Å². The van der Waals surface area contributed by atoms with Gasteiger partial charge < -0.3 is 10.4 Å². The molecule has 0 fully saturated rings. The number of carbonyl (C=O) groups excluding carboxylic acids is 2. The molecule has 0 saturated carbocycles. The maximum Gasteiger partial charge on any atom is 0.295 e. The van der Waals surface area contributed by atoms with Crippen molar-refractivity contribution < 1.29 is 40.6 Å². The lowest BCUT2D eigenvalue weighted by Crippen LogP contribution is -2.15. The van der Waals surface area contributed by atoms with Crippen LogP contribution in [-0.2, 0) is 29.8 Å². The summed E-state index contributed by atoms with van der Waals surface area (Å²) in [4.78, 5) is 21.3. The largest absolute Gasteiger partial charge is 0.507 e. The first-order chi connectivity index (χ1) is 11.8. The van der Waals surface area contributed by atoms with E-state index in [1.54, 1.807) is 0 Å². The van der Waals surface area contributed by atoms with Crippen LogP contribution in [0, 0.1) is 0 Å². The fourth-order valence-corrected chi connectivity index (χ4v) is 3.52. The number of amides is 1. The third-order valence-electron chi connectivity index (χ3n) is 3.29. The van der Waals surface area contributed by atoms with Gasteiger partial charge in [0.15, 0.2) is 0 Å². The highest BCUT2D eigenvalue weighted by atomic mass is 32.2. The van der Waals surface area contributed by atoms with E-state index < -0.39 is 59.3 Å². The number of phenols is 1. The molecule has 0 heterocycles. The first kappa shape index (κ1) is 19.8. The van der Waals surface area contributed by atoms with Crippen LogP contribution in [-0.4, -0.2) is 42.7 Å². The van der Waals surface area contributed by atoms with Crippen LogP contribution in [0.3, 0.4) is 0 Å². The van der Waals surface area contributed by atoms with Crippen LogP contribution in [0.4, 0.5) is 5.69 Å². The molecule has 10 nitrogen and oxygen atoms in total. The van der Waals surface area contributed by atoms with Crippen LogP contribution >= 0.6 is 0 Å². The molecular formula is C14H13NO9S2. The summed E-state index contributed by atoms with van der Waals surface area (Å²) in [5.74, 6) is -1.89. The standard InChI is InChI=1S/C14H13NO9S2/c1-7(16)4-13(18)15-10-6-8(25(19,20)21)5-9-12(26(22,23)24)3-2-11(17)14(9)10/h2-3,5-6,17H,4H2,1H3,(H,15,18)(H,19,20,21)(H,22,23,24). The van der Waals surface area contributed by atoms with E-state index in [9.17, 15) is 40.6 Å². The number of anilines is 1. The van der Waals surface area contributed by atoms with Crippen molar-refractivity contribution in [1.82, 2.24) is 0 Å². The molecule has 2 aromatic rings. The molecule has 0 aromatic heterocycles. The van der Waals surface area contributed by atoms with Crippen molar-refractivity contribution in [1.29, 1.82) is 0 Å². The number of fused-ring (bicyclic) bond motifs is 1. The maximum atomic E-state index is 11.8. The fraction of sp³-hybridized carbons (Fsp3) is 0.143. The first-order valence-electron chi connectivity index (χ1n) is 6.84. The van der Waals surface area contributed by atoms with E-state index in [2.05, 4.69) is 5.32 Å². The van der Waals surface area contributed by atoms with Gasteiger partial charge in [-0.2, -0.15) is 16.8 Å². The molecule has 0 unspecified atom stereocenters. The molecule has 4 N–H and O–H groups in total. The quantitative estimate of drug-likeness (QED) is 0.418. The Hall–Kier alpha value is -2.54. The number of Topliss-reactive ketones (excluding diaryl/α,β-unsaturated/α-hetero) is 1. The lowest BCUT2D eigenvalue weighted by atomic mass is 10.1. The van der Waals surface area contributed by atoms with E-state index in [-0.39, 0.29) is 11.1 Å². The average Bonchev–Trinajstić information content (AvgIpc) is 2.43. The van der Waals surface area contributed by atoms with Crippen LogP contribution in [0.2, 0.25) is 0 Å². The van der Waals surface area contributed by atoms with Gasteiger partial charge in [0.2, 0.25) is 5.91 Å². The van der Waals surface area contributed by atoms with Gasteiger partial charge in [-0.05, 0) is 31.2 Å². The monoisotopic (exact) mass is 403 g/mol. The van der Waals surface area contributed by atoms with Crippen molar-refractivity contribution in [2.24, 2.45) is 0 Å². The van der Waals surface area contributed by atoms with Gasteiger partial charge in [0, 0.05) is 10.8 Å². The molecule has 1 amide bonds. The number of nitrogens with one attached hydrogen (secondary N) is 1. The summed E-state index contributed by atoms with van der Waals surface area (Å²) >= 11 is 0. The summed E-state index contributed by atoms with van der Waals surface area (Å²) in [6, 6.07) is 3.23. The second-order valence-electron chi connectivity index (χ2n) is 5.35. The van der Waals surface area contributed by atoms with E-state index in [4.69, 9.17) is 0 Å². The zero-order chi connectivity index (χ0) is 19.9. The number of benzene rings is 2. The molecule has 0 bridgehead atoms. The Bertz CT molecular complexity index is 1130. The summed E-state index contributed by atoms with van der Waals surface area (Å²) in [6.45, 7) is 1.14. The second-order valence-corrected chi connectivity index (χ2v) is 8.16. The maximum absolute atomic E-state index is 11.8. The highest BCUT2D eigenvalue weighted by Crippen LogP contribution is 2.38. The van der Waals surface area contributed by atoms with Crippen LogP contribution in [0.25, 0.3) is 10.8 Å². The molecule has 26 heavy (non-hydrogen) atoms. The van der Waals surface area contributed by atoms with Gasteiger partial charge in [0.25, 0.3) is 20.2 Å². The van der Waals surface area contributed by atoms with Crippen LogP contribution in [0.5, 0.6) is 5.75 Å². The topological polar surface area (TPSA) is 175 Å². The number of hydrogen-bond acceptors (Lipinski definition) is 7. The van der Waals surface area contributed by atoms with Gasteiger partial charge in [-0.1, -0.05) is 0 Å². The van der Waals surface area contributed by atoms with Gasteiger partial charge in [-0.3, -0.25) is 18.7 Å². The molecule has 2 aromatic carbocycles. The molecule has 0 aliphatic heterocycles. The normalized spacial score (nSPS) is 12.1. The number of hydrogen-bond donors (Lipinski definition) is 4. The minimum absolute atomic E-state index is 0.301. The number of phenolic OH excluding ortho intramolecular Hbond substituents is 1. The Kier molecular flexibility index (Phi) is 5.05. The van der Waals surface area contributed by atoms with Gasteiger partial charge in [0.05, 0.1) is 17.0 Å². The van der Waals surface area contributed by atoms with E-state index in [1.165, 1.54) is 0 Å². The van der Waals surface area contributed by atoms with E-state index in [0.717, 1.165) is 25.1 Å². The predicted molar refractivity (Wildman–Crippen MR) is 89.2 cm³/mol. The lowest BCUT2D eigenvalue weighted by molar-refractivity contribution is -0.124. The Morgan fingerprint density at radius 1 is 1.04 bits per heavy atom. The predicted octanol–water partition coefficient (Wildman–Crippen LogP) is 0.956. The lowest BCUT2D eigenvalue weighted by Gasteiger charge is -2.13. The van der Waals surface area contributed by atoms with Crippen LogP contribution < -0.4 is 5.32 Å². The van der Waals surface area contributed by atoms with Gasteiger partial charge in [0.1, 0.15) is 16.4 Å². The first-order valence-corrected chi connectivity index (χ1v) is 9.72. The summed E-state index contributed by atoms with van der Waals surface area (Å²) in [6.07, 6.45) is -0.559. The third kappa shape index (κ3) is 4.16. The number of carbonyl (C=O) groups is 2. The Morgan fingerprint density at radius 2 is 1.65 bits per heavy atom. The number of ketones is 1. The van der Waals surface area contributed by atoms with Crippen molar-refractivity contribution >= 4 is 48.4 Å². The Balaban J connectivity index is 2.89. The molecule has 0 saturated heterocycles. The fourth-order valence-electron chi connectivity index (χ4n) is 2.31. The molecule has 0 spiro atoms. The minimum Gasteiger partial charge on any atom is -0.507 e. The molecule has 2 rings (SSSR count). The smallest absolute Gasteiger partial charge is 0.295 e. The van der Waals surface area contributed by atoms with Crippen molar-refractivity contribution in [3.05, 3.63) is 24.3 Å². The van der Waals surface area contributed by atoms with Crippen molar-refractivity contribution in [3.8, 4) is 5.75 Å². The summed E-state index contributed by atoms with van der Waals surface area (Å²) in [5, 5.41) is 11.4. The van der Waals surface area contributed by atoms with E-state index in [1.807, 2.05) is 0 Å². The van der Waals surface area contributed by atoms with E-state index in [0.29, 0.717) is 6.07 Å². The van der Waals surface area contributed by atoms with Gasteiger partial charge >= 0.3 is 0 Å². The second kappa shape index (κ2) is 6.64. The molecular weight excluding hydrogens is 390 g/mol. The average molecular weight is 403 g/mol. The Labute approximate surface area is 147 Å². The van der Waals surface area contributed by atoms with Crippen molar-refractivity contribution in [3.63, 3.8) is 0 Å². The van der Waals surface area contributed by atoms with Crippen molar-refractivity contribution in [2.75, 3.05) is 5.32 Å². The highest BCUT2D eigenvalue weighted by molar-refractivity contribution is 7.86. The number of rotatable bonds is 5. The zero-order valence-corrected chi connectivity index (χ0v) is 14.8. The summed E-state index contributed by atoms with van der Waals surface area (Å²) in [7, 11) is -9.65. The third-order valence-corrected chi connectivity index (χ3v) is 5.03. The van der Waals surface area contributed by atoms with Gasteiger partial charge in [-0.25, -0.2) is 0 Å².